The number of ether oxygens (including phenoxy) is 1. The summed E-state index contributed by atoms with van der Waals surface area (Å²) in [6.45, 7) is 2.89. The molecule has 4 heteroatoms. The fourth-order valence-electron chi connectivity index (χ4n) is 2.46. The molecule has 0 radical (unpaired) electrons. The molecular formula is C21H30N2O2. The zero-order valence-corrected chi connectivity index (χ0v) is 15.3. The fourth-order valence-corrected chi connectivity index (χ4v) is 2.46. The number of nitrogens with two attached hydrogens (primary N) is 1. The van der Waals surface area contributed by atoms with Crippen molar-refractivity contribution in [1.82, 2.24) is 0 Å². The van der Waals surface area contributed by atoms with E-state index in [4.69, 9.17) is 10.5 Å². The zero-order valence-electron chi connectivity index (χ0n) is 15.3. The second-order valence-electron chi connectivity index (χ2n) is 5.81. The van der Waals surface area contributed by atoms with Crippen molar-refractivity contribution in [3.63, 3.8) is 0 Å². The second kappa shape index (κ2) is 13.0. The number of hydrogen-bond donors (Lipinski definition) is 2. The van der Waals surface area contributed by atoms with Crippen molar-refractivity contribution in [2.75, 3.05) is 19.0 Å². The Hall–Kier alpha value is -2.33. The van der Waals surface area contributed by atoms with Crippen LogP contribution in [0.25, 0.3) is 0 Å². The number of hydrogen-bond acceptors (Lipinski definition) is 3. The molecule has 136 valence electrons. The van der Waals surface area contributed by atoms with Crippen LogP contribution in [0.3, 0.4) is 0 Å². The highest BCUT2D eigenvalue weighted by molar-refractivity contribution is 5.71. The first-order valence-corrected chi connectivity index (χ1v) is 8.85. The van der Waals surface area contributed by atoms with Crippen LogP contribution in [-0.4, -0.2) is 20.1 Å². The molecule has 0 fully saturated rings. The van der Waals surface area contributed by atoms with Gasteiger partial charge in [-0.25, -0.2) is 0 Å². The Morgan fingerprint density at radius 2 is 1.76 bits per heavy atom. The summed E-state index contributed by atoms with van der Waals surface area (Å²) in [6, 6.07) is 16.0. The van der Waals surface area contributed by atoms with Crippen LogP contribution >= 0.6 is 0 Å². The lowest BCUT2D eigenvalue weighted by Gasteiger charge is -2.03. The van der Waals surface area contributed by atoms with Gasteiger partial charge < -0.3 is 15.8 Å². The third kappa shape index (κ3) is 8.91. The quantitative estimate of drug-likeness (QED) is 0.531. The largest absolute Gasteiger partial charge is 0.497 e. The Balaban J connectivity index is 0.000000257. The number of nitrogens with one attached hydrogen (secondary N) is 1. The minimum absolute atomic E-state index is 0.688. The highest BCUT2D eigenvalue weighted by Crippen LogP contribution is 2.13. The molecule has 0 atom stereocenters. The maximum absolute atomic E-state index is 10.2. The standard InChI is InChI=1S/C12H17NO.C9H13NO/c1-2-3-4-6-11-7-5-8-12(9-11)13-10-14;1-11-9-4-2-3-8(7-9)5-6-10/h5,7-10H,2-4,6H2,1H3,(H,13,14);2-4,7H,5-6,10H2,1H3. The molecule has 1 amide bonds. The first kappa shape index (κ1) is 20.7. The number of amides is 1. The van der Waals surface area contributed by atoms with Gasteiger partial charge in [-0.15, -0.1) is 0 Å². The van der Waals surface area contributed by atoms with E-state index in [2.05, 4.69) is 24.4 Å². The molecule has 0 heterocycles. The average molecular weight is 342 g/mol. The minimum Gasteiger partial charge on any atom is -0.497 e. The van der Waals surface area contributed by atoms with Gasteiger partial charge in [0.25, 0.3) is 0 Å². The summed E-state index contributed by atoms with van der Waals surface area (Å²) in [4.78, 5) is 10.2. The van der Waals surface area contributed by atoms with Crippen LogP contribution in [0, 0.1) is 0 Å². The summed E-state index contributed by atoms with van der Waals surface area (Å²) < 4.78 is 5.06. The summed E-state index contributed by atoms with van der Waals surface area (Å²) in [5.41, 5.74) is 8.82. The summed E-state index contributed by atoms with van der Waals surface area (Å²) in [5, 5.41) is 2.66. The van der Waals surface area contributed by atoms with Gasteiger partial charge in [0.2, 0.25) is 6.41 Å². The molecule has 2 aromatic carbocycles. The van der Waals surface area contributed by atoms with Crippen LogP contribution in [0.1, 0.15) is 37.3 Å². The molecule has 0 aliphatic heterocycles. The SMILES string of the molecule is CCCCCc1cccc(NC=O)c1.COc1cccc(CCN)c1. The lowest BCUT2D eigenvalue weighted by atomic mass is 10.1. The molecule has 0 spiro atoms. The Morgan fingerprint density at radius 1 is 1.04 bits per heavy atom. The topological polar surface area (TPSA) is 64.3 Å². The molecule has 0 saturated carbocycles. The van der Waals surface area contributed by atoms with Crippen molar-refractivity contribution in [2.24, 2.45) is 5.73 Å². The second-order valence-corrected chi connectivity index (χ2v) is 5.81. The van der Waals surface area contributed by atoms with Crippen molar-refractivity contribution in [3.8, 4) is 5.75 Å². The monoisotopic (exact) mass is 342 g/mol. The lowest BCUT2D eigenvalue weighted by molar-refractivity contribution is -0.105. The third-order valence-corrected chi connectivity index (χ3v) is 3.79. The predicted molar refractivity (Wildman–Crippen MR) is 105 cm³/mol. The average Bonchev–Trinajstić information content (AvgIpc) is 2.64. The van der Waals surface area contributed by atoms with Gasteiger partial charge in [0, 0.05) is 5.69 Å². The molecule has 4 nitrogen and oxygen atoms in total. The molecule has 0 saturated heterocycles. The van der Waals surface area contributed by atoms with Gasteiger partial charge in [0.1, 0.15) is 5.75 Å². The van der Waals surface area contributed by atoms with E-state index in [9.17, 15) is 4.79 Å². The Labute approximate surface area is 151 Å². The van der Waals surface area contributed by atoms with Gasteiger partial charge in [-0.1, -0.05) is 44.0 Å². The Morgan fingerprint density at radius 3 is 2.40 bits per heavy atom. The van der Waals surface area contributed by atoms with E-state index in [-0.39, 0.29) is 0 Å². The van der Waals surface area contributed by atoms with Gasteiger partial charge in [-0.2, -0.15) is 0 Å². The van der Waals surface area contributed by atoms with Crippen molar-refractivity contribution in [1.29, 1.82) is 0 Å². The van der Waals surface area contributed by atoms with Gasteiger partial charge in [-0.05, 0) is 61.2 Å². The van der Waals surface area contributed by atoms with Crippen LogP contribution < -0.4 is 15.8 Å². The number of carbonyl (C=O) groups excluding carboxylic acids is 1. The van der Waals surface area contributed by atoms with E-state index in [1.165, 1.54) is 30.4 Å². The first-order valence-electron chi connectivity index (χ1n) is 8.85. The van der Waals surface area contributed by atoms with Crippen molar-refractivity contribution < 1.29 is 9.53 Å². The number of unbranched alkanes of at least 4 members (excludes halogenated alkanes) is 2. The van der Waals surface area contributed by atoms with Crippen LogP contribution in [0.4, 0.5) is 5.69 Å². The van der Waals surface area contributed by atoms with Gasteiger partial charge in [-0.3, -0.25) is 4.79 Å². The highest BCUT2D eigenvalue weighted by atomic mass is 16.5. The predicted octanol–water partition coefficient (Wildman–Crippen LogP) is 4.18. The van der Waals surface area contributed by atoms with E-state index in [0.29, 0.717) is 13.0 Å². The van der Waals surface area contributed by atoms with Crippen LogP contribution in [0.15, 0.2) is 48.5 Å². The normalized spacial score (nSPS) is 9.72. The first-order chi connectivity index (χ1) is 12.2. The van der Waals surface area contributed by atoms with Gasteiger partial charge >= 0.3 is 0 Å². The molecule has 3 N–H and O–H groups in total. The highest BCUT2D eigenvalue weighted by Gasteiger charge is 1.95. The summed E-state index contributed by atoms with van der Waals surface area (Å²) in [5.74, 6) is 0.899. The van der Waals surface area contributed by atoms with Crippen LogP contribution in [0.2, 0.25) is 0 Å². The van der Waals surface area contributed by atoms with E-state index in [1.807, 2.05) is 36.4 Å². The van der Waals surface area contributed by atoms with E-state index in [0.717, 1.165) is 24.3 Å². The molecule has 0 aliphatic rings. The maximum Gasteiger partial charge on any atom is 0.211 e. The van der Waals surface area contributed by atoms with E-state index >= 15 is 0 Å². The van der Waals surface area contributed by atoms with Gasteiger partial charge in [0.15, 0.2) is 0 Å². The molecular weight excluding hydrogens is 312 g/mol. The fraction of sp³-hybridized carbons (Fsp3) is 0.381. The molecule has 2 rings (SSSR count). The number of methoxy groups -OCH3 is 1. The lowest BCUT2D eigenvalue weighted by Crippen LogP contribution is -2.02. The number of rotatable bonds is 9. The zero-order chi connectivity index (χ0) is 18.3. The molecule has 0 aliphatic carbocycles. The molecule has 0 aromatic heterocycles. The van der Waals surface area contributed by atoms with Crippen LogP contribution in [0.5, 0.6) is 5.75 Å². The van der Waals surface area contributed by atoms with E-state index in [1.54, 1.807) is 7.11 Å². The maximum atomic E-state index is 10.2. The summed E-state index contributed by atoms with van der Waals surface area (Å²) in [6.07, 6.45) is 6.46. The molecule has 0 unspecified atom stereocenters. The smallest absolute Gasteiger partial charge is 0.211 e. The molecule has 25 heavy (non-hydrogen) atoms. The molecule has 0 bridgehead atoms. The minimum atomic E-state index is 0.688. The third-order valence-electron chi connectivity index (χ3n) is 3.79. The van der Waals surface area contributed by atoms with Crippen molar-refractivity contribution in [3.05, 3.63) is 59.7 Å². The number of aryl methyl sites for hydroxylation is 1. The number of carbonyl (C=O) groups is 1. The summed E-state index contributed by atoms with van der Waals surface area (Å²) in [7, 11) is 1.67. The number of anilines is 1. The van der Waals surface area contributed by atoms with Crippen LogP contribution in [-0.2, 0) is 17.6 Å². The van der Waals surface area contributed by atoms with Crippen molar-refractivity contribution in [2.45, 2.75) is 39.0 Å². The number of benzene rings is 2. The van der Waals surface area contributed by atoms with Crippen molar-refractivity contribution >= 4 is 12.1 Å². The van der Waals surface area contributed by atoms with Gasteiger partial charge in [0.05, 0.1) is 7.11 Å². The van der Waals surface area contributed by atoms with E-state index < -0.39 is 0 Å². The molecule has 2 aromatic rings. The Bertz CT molecular complexity index is 614. The summed E-state index contributed by atoms with van der Waals surface area (Å²) >= 11 is 0. The Kier molecular flexibility index (Phi) is 10.8.